The molecule has 0 aliphatic rings. The maximum Gasteiger partial charge on any atom is 0.394 e. The van der Waals surface area contributed by atoms with Gasteiger partial charge < -0.3 is 5.73 Å². The van der Waals surface area contributed by atoms with Gasteiger partial charge in [0.25, 0.3) is 0 Å². The van der Waals surface area contributed by atoms with E-state index < -0.39 is 12.6 Å². The van der Waals surface area contributed by atoms with Crippen LogP contribution >= 0.6 is 0 Å². The number of nitrogens with two attached hydrogens (primary N) is 1. The second-order valence-corrected chi connectivity index (χ2v) is 2.65. The number of nitrogens with zero attached hydrogens (tertiary/aromatic N) is 1. The molecule has 0 aliphatic heterocycles. The largest absolute Gasteiger partial charge is 0.394 e. The van der Waals surface area contributed by atoms with Crippen LogP contribution in [0.1, 0.15) is 11.3 Å². The number of hydrogen-bond acceptors (Lipinski definition) is 2. The van der Waals surface area contributed by atoms with E-state index in [0.717, 1.165) is 5.56 Å². The zero-order valence-electron chi connectivity index (χ0n) is 6.80. The van der Waals surface area contributed by atoms with E-state index in [4.69, 9.17) is 5.73 Å². The molecular weight excluding hydrogens is 181 g/mol. The molecule has 0 radical (unpaired) electrons. The van der Waals surface area contributed by atoms with Gasteiger partial charge in [-0.1, -0.05) is 6.07 Å². The van der Waals surface area contributed by atoms with Crippen LogP contribution in [0.3, 0.4) is 0 Å². The van der Waals surface area contributed by atoms with Gasteiger partial charge in [0, 0.05) is 18.4 Å². The first-order chi connectivity index (χ1) is 6.01. The van der Waals surface area contributed by atoms with Crippen LogP contribution in [0.25, 0.3) is 0 Å². The Kier molecular flexibility index (Phi) is 2.87. The molecule has 5 heteroatoms. The maximum atomic E-state index is 11.9. The fraction of sp³-hybridized carbons (Fsp3) is 0.375. The minimum Gasteiger partial charge on any atom is -0.326 e. The van der Waals surface area contributed by atoms with Crippen molar-refractivity contribution in [1.29, 1.82) is 0 Å². The number of pyridine rings is 1. The summed E-state index contributed by atoms with van der Waals surface area (Å²) in [5.41, 5.74) is 6.01. The van der Waals surface area contributed by atoms with Crippen LogP contribution < -0.4 is 5.73 Å². The lowest BCUT2D eigenvalue weighted by Crippen LogP contribution is -2.12. The Balaban J connectivity index is 2.70. The molecular formula is C8H9F3N2. The van der Waals surface area contributed by atoms with E-state index in [0.29, 0.717) is 6.54 Å². The average molecular weight is 190 g/mol. The van der Waals surface area contributed by atoms with Crippen LogP contribution in [-0.2, 0) is 13.0 Å². The first kappa shape index (κ1) is 9.98. The third-order valence-electron chi connectivity index (χ3n) is 1.50. The van der Waals surface area contributed by atoms with Gasteiger partial charge in [-0.15, -0.1) is 0 Å². The summed E-state index contributed by atoms with van der Waals surface area (Å²) in [5.74, 6) is 0. The molecule has 0 bridgehead atoms. The number of hydrogen-bond donors (Lipinski definition) is 1. The summed E-state index contributed by atoms with van der Waals surface area (Å²) in [7, 11) is 0. The zero-order valence-corrected chi connectivity index (χ0v) is 6.80. The fourth-order valence-corrected chi connectivity index (χ4v) is 0.886. The molecule has 0 saturated heterocycles. The summed E-state index contributed by atoms with van der Waals surface area (Å²) in [6, 6.07) is 2.89. The number of rotatable bonds is 2. The van der Waals surface area contributed by atoms with Gasteiger partial charge in [-0.25, -0.2) is 0 Å². The molecule has 2 nitrogen and oxygen atoms in total. The van der Waals surface area contributed by atoms with Gasteiger partial charge in [0.1, 0.15) is 0 Å². The number of aromatic nitrogens is 1. The Morgan fingerprint density at radius 2 is 2.00 bits per heavy atom. The normalized spacial score (nSPS) is 11.7. The minimum atomic E-state index is -4.20. The first-order valence-electron chi connectivity index (χ1n) is 3.72. The molecule has 0 atom stereocenters. The predicted molar refractivity (Wildman–Crippen MR) is 41.9 cm³/mol. The molecule has 1 rings (SSSR count). The van der Waals surface area contributed by atoms with Gasteiger partial charge in [-0.05, 0) is 11.6 Å². The van der Waals surface area contributed by atoms with Gasteiger partial charge >= 0.3 is 6.18 Å². The van der Waals surface area contributed by atoms with Crippen molar-refractivity contribution >= 4 is 0 Å². The molecule has 0 aromatic carbocycles. The van der Waals surface area contributed by atoms with Crippen molar-refractivity contribution in [3.63, 3.8) is 0 Å². The van der Waals surface area contributed by atoms with Crippen molar-refractivity contribution in [2.45, 2.75) is 19.1 Å². The summed E-state index contributed by atoms with van der Waals surface area (Å²) in [6.07, 6.45) is -3.82. The Morgan fingerprint density at radius 1 is 1.31 bits per heavy atom. The molecule has 0 amide bonds. The molecule has 2 N–H and O–H groups in total. The molecule has 0 spiro atoms. The van der Waals surface area contributed by atoms with Gasteiger partial charge in [0.15, 0.2) is 0 Å². The molecule has 1 aromatic rings. The summed E-state index contributed by atoms with van der Waals surface area (Å²) in [5, 5.41) is 0. The van der Waals surface area contributed by atoms with E-state index in [1.165, 1.54) is 12.3 Å². The molecule has 0 aliphatic carbocycles. The van der Waals surface area contributed by atoms with Crippen LogP contribution in [0.5, 0.6) is 0 Å². The lowest BCUT2D eigenvalue weighted by molar-refractivity contribution is -0.127. The standard InChI is InChI=1S/C8H9F3N2/c9-8(10,11)3-7-2-1-6(4-12)5-13-7/h1-2,5H,3-4,12H2. The summed E-state index contributed by atoms with van der Waals surface area (Å²) < 4.78 is 35.6. The lowest BCUT2D eigenvalue weighted by atomic mass is 10.2. The third kappa shape index (κ3) is 3.42. The van der Waals surface area contributed by atoms with E-state index in [2.05, 4.69) is 4.98 Å². The van der Waals surface area contributed by atoms with Gasteiger partial charge in [-0.3, -0.25) is 4.98 Å². The molecule has 0 fully saturated rings. The predicted octanol–water partition coefficient (Wildman–Crippen LogP) is 1.65. The fourth-order valence-electron chi connectivity index (χ4n) is 0.886. The van der Waals surface area contributed by atoms with Gasteiger partial charge in [-0.2, -0.15) is 13.2 Å². The van der Waals surface area contributed by atoms with E-state index in [1.54, 1.807) is 6.07 Å². The van der Waals surface area contributed by atoms with Crippen molar-refractivity contribution in [2.75, 3.05) is 0 Å². The highest BCUT2D eigenvalue weighted by molar-refractivity contribution is 5.14. The Bertz CT molecular complexity index is 266. The van der Waals surface area contributed by atoms with Crippen LogP contribution in [0.4, 0.5) is 13.2 Å². The lowest BCUT2D eigenvalue weighted by Gasteiger charge is -2.05. The summed E-state index contributed by atoms with van der Waals surface area (Å²) >= 11 is 0. The van der Waals surface area contributed by atoms with Crippen molar-refractivity contribution in [3.8, 4) is 0 Å². The second-order valence-electron chi connectivity index (χ2n) is 2.65. The van der Waals surface area contributed by atoms with Gasteiger partial charge in [0.2, 0.25) is 0 Å². The van der Waals surface area contributed by atoms with Crippen molar-refractivity contribution in [3.05, 3.63) is 29.6 Å². The minimum absolute atomic E-state index is 0.0182. The Morgan fingerprint density at radius 3 is 2.38 bits per heavy atom. The van der Waals surface area contributed by atoms with Gasteiger partial charge in [0.05, 0.1) is 6.42 Å². The van der Waals surface area contributed by atoms with Crippen molar-refractivity contribution in [2.24, 2.45) is 5.73 Å². The van der Waals surface area contributed by atoms with Crippen LogP contribution in [0, 0.1) is 0 Å². The van der Waals surface area contributed by atoms with E-state index in [9.17, 15) is 13.2 Å². The summed E-state index contributed by atoms with van der Waals surface area (Å²) in [4.78, 5) is 3.63. The molecule has 72 valence electrons. The molecule has 0 saturated carbocycles. The highest BCUT2D eigenvalue weighted by atomic mass is 19.4. The monoisotopic (exact) mass is 190 g/mol. The molecule has 13 heavy (non-hydrogen) atoms. The van der Waals surface area contributed by atoms with Crippen molar-refractivity contribution in [1.82, 2.24) is 4.98 Å². The molecule has 0 unspecified atom stereocenters. The first-order valence-corrected chi connectivity index (χ1v) is 3.72. The topological polar surface area (TPSA) is 38.9 Å². The molecule has 1 heterocycles. The Hall–Kier alpha value is -1.10. The smallest absolute Gasteiger partial charge is 0.326 e. The molecule has 1 aromatic heterocycles. The highest BCUT2D eigenvalue weighted by Crippen LogP contribution is 2.19. The average Bonchev–Trinajstić information content (AvgIpc) is 2.03. The SMILES string of the molecule is NCc1ccc(CC(F)(F)F)nc1. The quantitative estimate of drug-likeness (QED) is 0.770. The van der Waals surface area contributed by atoms with Crippen LogP contribution in [-0.4, -0.2) is 11.2 Å². The van der Waals surface area contributed by atoms with Crippen LogP contribution in [0.2, 0.25) is 0 Å². The highest BCUT2D eigenvalue weighted by Gasteiger charge is 2.28. The van der Waals surface area contributed by atoms with E-state index in [-0.39, 0.29) is 5.69 Å². The van der Waals surface area contributed by atoms with E-state index >= 15 is 0 Å². The number of halogens is 3. The van der Waals surface area contributed by atoms with Crippen LogP contribution in [0.15, 0.2) is 18.3 Å². The summed E-state index contributed by atoms with van der Waals surface area (Å²) in [6.45, 7) is 0.291. The van der Waals surface area contributed by atoms with Crippen molar-refractivity contribution < 1.29 is 13.2 Å². The maximum absolute atomic E-state index is 11.9. The third-order valence-corrected chi connectivity index (χ3v) is 1.50. The Labute approximate surface area is 73.6 Å². The second kappa shape index (κ2) is 3.74. The zero-order chi connectivity index (χ0) is 9.90. The van der Waals surface area contributed by atoms with E-state index in [1.807, 2.05) is 0 Å². The number of alkyl halides is 3.